The second-order valence-electron chi connectivity index (χ2n) is 6.09. The molecule has 2 atom stereocenters. The number of pyridine rings is 1. The molecule has 27 heavy (non-hydrogen) atoms. The number of thiophene rings is 1. The second kappa shape index (κ2) is 7.96. The Bertz CT molecular complexity index is 930. The summed E-state index contributed by atoms with van der Waals surface area (Å²) in [4.78, 5) is 7.96. The number of hydrogen-bond donors (Lipinski definition) is 1. The van der Waals surface area contributed by atoms with Crippen LogP contribution in [0.15, 0.2) is 64.6 Å². The van der Waals surface area contributed by atoms with E-state index < -0.39 is 0 Å². The topological polar surface area (TPSA) is 37.4 Å². The molecular weight excluding hydrogens is 442 g/mol. The van der Waals surface area contributed by atoms with Crippen LogP contribution in [0, 0.1) is 0 Å². The number of rotatable bonds is 5. The lowest BCUT2D eigenvalue weighted by molar-refractivity contribution is 0.340. The van der Waals surface area contributed by atoms with Gasteiger partial charge in [0.2, 0.25) is 0 Å². The normalized spacial score (nSPS) is 19.2. The number of nitrogens with one attached hydrogen (secondary N) is 1. The highest BCUT2D eigenvalue weighted by Gasteiger charge is 2.41. The van der Waals surface area contributed by atoms with Crippen LogP contribution in [0.2, 0.25) is 0 Å². The number of thiocarbonyl (C=S) groups is 1. The maximum Gasteiger partial charge on any atom is 0.174 e. The molecule has 0 amide bonds. The zero-order valence-electron chi connectivity index (χ0n) is 14.6. The van der Waals surface area contributed by atoms with Gasteiger partial charge in [-0.05, 0) is 77.5 Å². The van der Waals surface area contributed by atoms with Gasteiger partial charge in [-0.2, -0.15) is 0 Å². The minimum atomic E-state index is -0.0178. The third-order valence-electron chi connectivity index (χ3n) is 4.40. The molecule has 1 fully saturated rings. The second-order valence-corrected chi connectivity index (χ2v) is 8.34. The van der Waals surface area contributed by atoms with Crippen LogP contribution >= 0.6 is 39.5 Å². The van der Waals surface area contributed by atoms with Crippen molar-refractivity contribution in [2.24, 2.45) is 0 Å². The third kappa shape index (κ3) is 3.72. The highest BCUT2D eigenvalue weighted by molar-refractivity contribution is 9.10. The van der Waals surface area contributed by atoms with Crippen molar-refractivity contribution in [3.05, 3.63) is 75.2 Å². The van der Waals surface area contributed by atoms with Crippen LogP contribution < -0.4 is 15.0 Å². The molecule has 0 spiro atoms. The van der Waals surface area contributed by atoms with Crippen LogP contribution in [-0.4, -0.2) is 16.7 Å². The lowest BCUT2D eigenvalue weighted by Crippen LogP contribution is -2.29. The summed E-state index contributed by atoms with van der Waals surface area (Å²) >= 11 is 11.0. The molecular formula is C20H18BrN3OS2. The number of aromatic nitrogens is 1. The van der Waals surface area contributed by atoms with Crippen molar-refractivity contribution in [3.63, 3.8) is 0 Å². The van der Waals surface area contributed by atoms with Crippen molar-refractivity contribution in [2.75, 3.05) is 11.5 Å². The van der Waals surface area contributed by atoms with Crippen molar-refractivity contribution in [2.45, 2.75) is 19.0 Å². The molecule has 0 bridgehead atoms. The molecule has 4 nitrogen and oxygen atoms in total. The van der Waals surface area contributed by atoms with E-state index in [1.54, 1.807) is 11.3 Å². The predicted molar refractivity (Wildman–Crippen MR) is 118 cm³/mol. The van der Waals surface area contributed by atoms with Gasteiger partial charge in [0.15, 0.2) is 5.11 Å². The molecule has 0 aliphatic carbocycles. The Labute approximate surface area is 176 Å². The molecule has 0 radical (unpaired) electrons. The molecule has 3 heterocycles. The fourth-order valence-electron chi connectivity index (χ4n) is 3.27. The van der Waals surface area contributed by atoms with Crippen molar-refractivity contribution in [3.8, 4) is 5.75 Å². The van der Waals surface area contributed by atoms with Gasteiger partial charge in [-0.1, -0.05) is 6.07 Å². The van der Waals surface area contributed by atoms with E-state index in [0.29, 0.717) is 11.7 Å². The molecule has 0 unspecified atom stereocenters. The molecule has 138 valence electrons. The van der Waals surface area contributed by atoms with Gasteiger partial charge in [-0.15, -0.1) is 11.3 Å². The lowest BCUT2D eigenvalue weighted by Gasteiger charge is -2.27. The molecule has 1 saturated heterocycles. The van der Waals surface area contributed by atoms with Crippen LogP contribution in [0.4, 0.5) is 5.69 Å². The van der Waals surface area contributed by atoms with Gasteiger partial charge in [-0.25, -0.2) is 0 Å². The van der Waals surface area contributed by atoms with E-state index in [-0.39, 0.29) is 12.1 Å². The average Bonchev–Trinajstić information content (AvgIpc) is 3.26. The minimum Gasteiger partial charge on any atom is -0.494 e. The summed E-state index contributed by atoms with van der Waals surface area (Å²) in [6.45, 7) is 2.63. The number of ether oxygens (including phenoxy) is 1. The first-order valence-electron chi connectivity index (χ1n) is 8.65. The summed E-state index contributed by atoms with van der Waals surface area (Å²) < 4.78 is 6.65. The number of hydrogen-bond acceptors (Lipinski definition) is 4. The Balaban J connectivity index is 1.75. The molecule has 1 aliphatic rings. The van der Waals surface area contributed by atoms with Gasteiger partial charge in [0, 0.05) is 26.6 Å². The van der Waals surface area contributed by atoms with E-state index in [2.05, 4.69) is 54.7 Å². The van der Waals surface area contributed by atoms with Gasteiger partial charge in [0.05, 0.1) is 24.4 Å². The van der Waals surface area contributed by atoms with E-state index in [1.807, 2.05) is 43.5 Å². The summed E-state index contributed by atoms with van der Waals surface area (Å²) in [6, 6.07) is 16.2. The minimum absolute atomic E-state index is 0.0178. The van der Waals surface area contributed by atoms with Crippen molar-refractivity contribution < 1.29 is 4.74 Å². The predicted octanol–water partition coefficient (Wildman–Crippen LogP) is 5.48. The van der Waals surface area contributed by atoms with Crippen LogP contribution in [-0.2, 0) is 0 Å². The first kappa shape index (κ1) is 18.4. The number of anilines is 1. The summed E-state index contributed by atoms with van der Waals surface area (Å²) in [6.07, 6.45) is 1.82. The quantitative estimate of drug-likeness (QED) is 0.511. The van der Waals surface area contributed by atoms with Crippen LogP contribution in [0.3, 0.4) is 0 Å². The Hall–Kier alpha value is -1.96. The molecule has 3 aromatic rings. The number of nitrogens with zero attached hydrogens (tertiary/aromatic N) is 2. The fourth-order valence-corrected chi connectivity index (χ4v) is 5.19. The first-order chi connectivity index (χ1) is 13.2. The molecule has 2 aromatic heterocycles. The zero-order chi connectivity index (χ0) is 18.8. The van der Waals surface area contributed by atoms with Gasteiger partial charge in [0.25, 0.3) is 0 Å². The molecule has 1 aromatic carbocycles. The van der Waals surface area contributed by atoms with Crippen molar-refractivity contribution >= 4 is 50.3 Å². The number of halogens is 1. The monoisotopic (exact) mass is 459 g/mol. The van der Waals surface area contributed by atoms with Gasteiger partial charge < -0.3 is 15.0 Å². The lowest BCUT2D eigenvalue weighted by atomic mass is 10.0. The molecule has 1 N–H and O–H groups in total. The van der Waals surface area contributed by atoms with Gasteiger partial charge in [-0.3, -0.25) is 4.98 Å². The van der Waals surface area contributed by atoms with E-state index in [9.17, 15) is 0 Å². The highest BCUT2D eigenvalue weighted by atomic mass is 79.9. The molecule has 7 heteroatoms. The van der Waals surface area contributed by atoms with Crippen molar-refractivity contribution in [1.29, 1.82) is 0 Å². The standard InChI is InChI=1S/C20H18BrN3OS2/c1-2-25-15-8-6-14(7-9-15)24-19(17-11-13(21)12-27-17)18(23-20(24)26)16-5-3-4-10-22-16/h3-12,18-19H,2H2,1H3,(H,23,26)/t18-,19+/m0/s1. The summed E-state index contributed by atoms with van der Waals surface area (Å²) in [7, 11) is 0. The molecule has 0 saturated carbocycles. The Morgan fingerprint density at radius 2 is 2.07 bits per heavy atom. The maximum absolute atomic E-state index is 5.72. The first-order valence-corrected chi connectivity index (χ1v) is 10.7. The third-order valence-corrected chi connectivity index (χ3v) is 6.48. The summed E-state index contributed by atoms with van der Waals surface area (Å²) in [5, 5.41) is 6.27. The van der Waals surface area contributed by atoms with E-state index in [0.717, 1.165) is 21.6 Å². The van der Waals surface area contributed by atoms with Gasteiger partial charge >= 0.3 is 0 Å². The smallest absolute Gasteiger partial charge is 0.174 e. The fraction of sp³-hybridized carbons (Fsp3) is 0.200. The SMILES string of the molecule is CCOc1ccc(N2C(=S)N[C@@H](c3ccccn3)[C@H]2c2cc(Br)cs2)cc1. The average molecular weight is 460 g/mol. The van der Waals surface area contributed by atoms with Crippen molar-refractivity contribution in [1.82, 2.24) is 10.3 Å². The van der Waals surface area contributed by atoms with Gasteiger partial charge in [0.1, 0.15) is 5.75 Å². The zero-order valence-corrected chi connectivity index (χ0v) is 17.9. The highest BCUT2D eigenvalue weighted by Crippen LogP contribution is 2.44. The van der Waals surface area contributed by atoms with Crippen LogP contribution in [0.25, 0.3) is 0 Å². The maximum atomic E-state index is 5.72. The molecule has 1 aliphatic heterocycles. The summed E-state index contributed by atoms with van der Waals surface area (Å²) in [5.41, 5.74) is 2.01. The Morgan fingerprint density at radius 1 is 1.26 bits per heavy atom. The van der Waals surface area contributed by atoms with E-state index in [4.69, 9.17) is 17.0 Å². The molecule has 4 rings (SSSR count). The van der Waals surface area contributed by atoms with Crippen LogP contribution in [0.1, 0.15) is 29.6 Å². The largest absolute Gasteiger partial charge is 0.494 e. The van der Waals surface area contributed by atoms with Crippen LogP contribution in [0.5, 0.6) is 5.75 Å². The summed E-state index contributed by atoms with van der Waals surface area (Å²) in [5.74, 6) is 0.857. The number of benzene rings is 1. The van der Waals surface area contributed by atoms with E-state index >= 15 is 0 Å². The Morgan fingerprint density at radius 3 is 2.70 bits per heavy atom. The van der Waals surface area contributed by atoms with E-state index in [1.165, 1.54) is 4.88 Å². The Kier molecular flexibility index (Phi) is 5.43.